The van der Waals surface area contributed by atoms with Crippen molar-refractivity contribution >= 4 is 23.2 Å². The molecule has 0 saturated heterocycles. The lowest BCUT2D eigenvalue weighted by molar-refractivity contribution is 0.0976. The number of rotatable bonds is 6. The van der Waals surface area contributed by atoms with E-state index in [2.05, 4.69) is 29.5 Å². The van der Waals surface area contributed by atoms with Crippen LogP contribution in [0, 0.1) is 5.92 Å². The summed E-state index contributed by atoms with van der Waals surface area (Å²) >= 11 is 5.14. The highest BCUT2D eigenvalue weighted by Gasteiger charge is 2.08. The molecule has 1 amide bonds. The third kappa shape index (κ3) is 5.96. The molecule has 5 nitrogen and oxygen atoms in total. The first kappa shape index (κ1) is 17.9. The molecule has 0 fully saturated rings. The van der Waals surface area contributed by atoms with Gasteiger partial charge in [-0.15, -0.1) is 0 Å². The Labute approximate surface area is 147 Å². The number of amides is 1. The maximum atomic E-state index is 12.2. The van der Waals surface area contributed by atoms with E-state index < -0.39 is 0 Å². The predicted octanol–water partition coefficient (Wildman–Crippen LogP) is 2.92. The van der Waals surface area contributed by atoms with Gasteiger partial charge in [-0.1, -0.05) is 19.9 Å². The number of hydrogen-bond acceptors (Lipinski definition) is 4. The van der Waals surface area contributed by atoms with Crippen molar-refractivity contribution in [3.8, 4) is 5.75 Å². The molecule has 2 aromatic rings. The molecule has 0 saturated carbocycles. The molecule has 0 unspecified atom stereocenters. The zero-order valence-corrected chi connectivity index (χ0v) is 14.6. The molecule has 0 radical (unpaired) electrons. The summed E-state index contributed by atoms with van der Waals surface area (Å²) in [7, 11) is 0. The maximum Gasteiger partial charge on any atom is 0.257 e. The van der Waals surface area contributed by atoms with Crippen molar-refractivity contribution in [1.29, 1.82) is 0 Å². The van der Waals surface area contributed by atoms with Crippen LogP contribution >= 0.6 is 12.2 Å². The highest BCUT2D eigenvalue weighted by Crippen LogP contribution is 2.13. The molecule has 126 valence electrons. The van der Waals surface area contributed by atoms with Gasteiger partial charge in [0.2, 0.25) is 0 Å². The van der Waals surface area contributed by atoms with Gasteiger partial charge in [-0.25, -0.2) is 0 Å². The summed E-state index contributed by atoms with van der Waals surface area (Å²) < 4.78 is 5.60. The molecule has 1 aromatic carbocycles. The van der Waals surface area contributed by atoms with Gasteiger partial charge in [0.1, 0.15) is 5.75 Å². The van der Waals surface area contributed by atoms with Crippen molar-refractivity contribution in [2.75, 3.05) is 6.61 Å². The molecule has 1 heterocycles. The van der Waals surface area contributed by atoms with Crippen molar-refractivity contribution in [3.63, 3.8) is 0 Å². The largest absolute Gasteiger partial charge is 0.493 e. The summed E-state index contributed by atoms with van der Waals surface area (Å²) in [5.74, 6) is 0.947. The molecule has 6 heteroatoms. The van der Waals surface area contributed by atoms with Crippen molar-refractivity contribution < 1.29 is 9.53 Å². The van der Waals surface area contributed by atoms with E-state index in [0.717, 1.165) is 11.3 Å². The van der Waals surface area contributed by atoms with E-state index in [4.69, 9.17) is 17.0 Å². The van der Waals surface area contributed by atoms with E-state index in [0.29, 0.717) is 24.6 Å². The van der Waals surface area contributed by atoms with Crippen LogP contribution in [0.25, 0.3) is 0 Å². The summed E-state index contributed by atoms with van der Waals surface area (Å²) in [6.07, 6.45) is 3.45. The first-order valence-corrected chi connectivity index (χ1v) is 8.16. The van der Waals surface area contributed by atoms with E-state index >= 15 is 0 Å². The minimum Gasteiger partial charge on any atom is -0.493 e. The van der Waals surface area contributed by atoms with Crippen LogP contribution in [-0.2, 0) is 6.54 Å². The summed E-state index contributed by atoms with van der Waals surface area (Å²) in [5, 5.41) is 5.92. The van der Waals surface area contributed by atoms with Gasteiger partial charge in [-0.05, 0) is 54.0 Å². The topological polar surface area (TPSA) is 63.2 Å². The zero-order valence-electron chi connectivity index (χ0n) is 13.8. The second-order valence-corrected chi connectivity index (χ2v) is 6.14. The Hall–Kier alpha value is -2.47. The van der Waals surface area contributed by atoms with Gasteiger partial charge in [0.15, 0.2) is 5.11 Å². The monoisotopic (exact) mass is 343 g/mol. The maximum absolute atomic E-state index is 12.2. The fourth-order valence-electron chi connectivity index (χ4n) is 1.87. The Morgan fingerprint density at radius 3 is 2.62 bits per heavy atom. The van der Waals surface area contributed by atoms with Gasteiger partial charge >= 0.3 is 0 Å². The fraction of sp³-hybridized carbons (Fsp3) is 0.278. The van der Waals surface area contributed by atoms with E-state index in [1.165, 1.54) is 0 Å². The molecule has 0 spiro atoms. The molecule has 1 aromatic heterocycles. The van der Waals surface area contributed by atoms with Crippen LogP contribution in [-0.4, -0.2) is 22.6 Å². The Morgan fingerprint density at radius 2 is 2.00 bits per heavy atom. The quantitative estimate of drug-likeness (QED) is 0.790. The van der Waals surface area contributed by atoms with Crippen molar-refractivity contribution in [3.05, 3.63) is 59.9 Å². The van der Waals surface area contributed by atoms with Crippen LogP contribution in [0.3, 0.4) is 0 Å². The van der Waals surface area contributed by atoms with Crippen LogP contribution in [0.5, 0.6) is 5.75 Å². The van der Waals surface area contributed by atoms with Gasteiger partial charge in [0.05, 0.1) is 6.61 Å². The minimum atomic E-state index is -0.255. The standard InChI is InChI=1S/C18H21N3O2S/c1-13(2)12-23-16-7-5-15(6-8-16)17(22)21-18(24)20-11-14-4-3-9-19-10-14/h3-10,13H,11-12H2,1-2H3,(H2,20,21,22,24). The Balaban J connectivity index is 1.81. The average molecular weight is 343 g/mol. The summed E-state index contributed by atoms with van der Waals surface area (Å²) in [4.78, 5) is 16.2. The smallest absolute Gasteiger partial charge is 0.257 e. The van der Waals surface area contributed by atoms with Crippen molar-refractivity contribution in [1.82, 2.24) is 15.6 Å². The highest BCUT2D eigenvalue weighted by molar-refractivity contribution is 7.80. The van der Waals surface area contributed by atoms with Gasteiger partial charge in [0.25, 0.3) is 5.91 Å². The van der Waals surface area contributed by atoms with E-state index in [1.807, 2.05) is 12.1 Å². The third-order valence-electron chi connectivity index (χ3n) is 3.10. The Morgan fingerprint density at radius 1 is 1.25 bits per heavy atom. The highest BCUT2D eigenvalue weighted by atomic mass is 32.1. The van der Waals surface area contributed by atoms with Crippen molar-refractivity contribution in [2.24, 2.45) is 5.92 Å². The number of nitrogens with zero attached hydrogens (tertiary/aromatic N) is 1. The first-order valence-electron chi connectivity index (χ1n) is 7.75. The Kier molecular flexibility index (Phi) is 6.69. The van der Waals surface area contributed by atoms with Crippen LogP contribution in [0.2, 0.25) is 0 Å². The number of pyridine rings is 1. The molecule has 0 aliphatic rings. The number of carbonyl (C=O) groups is 1. The molecular formula is C18H21N3O2S. The molecule has 0 bridgehead atoms. The number of ether oxygens (including phenoxy) is 1. The normalized spacial score (nSPS) is 10.3. The van der Waals surface area contributed by atoms with Crippen molar-refractivity contribution in [2.45, 2.75) is 20.4 Å². The van der Waals surface area contributed by atoms with Crippen LogP contribution in [0.15, 0.2) is 48.8 Å². The zero-order chi connectivity index (χ0) is 17.4. The Bertz CT molecular complexity index is 672. The minimum absolute atomic E-state index is 0.255. The lowest BCUT2D eigenvalue weighted by atomic mass is 10.2. The van der Waals surface area contributed by atoms with E-state index in [1.54, 1.807) is 36.7 Å². The number of carbonyl (C=O) groups excluding carboxylic acids is 1. The number of benzene rings is 1. The SMILES string of the molecule is CC(C)COc1ccc(C(=O)NC(=S)NCc2cccnc2)cc1. The lowest BCUT2D eigenvalue weighted by Crippen LogP contribution is -2.38. The molecule has 0 aliphatic heterocycles. The third-order valence-corrected chi connectivity index (χ3v) is 3.35. The predicted molar refractivity (Wildman–Crippen MR) is 97.9 cm³/mol. The summed E-state index contributed by atoms with van der Waals surface area (Å²) in [6, 6.07) is 10.8. The molecule has 2 N–H and O–H groups in total. The average Bonchev–Trinajstić information content (AvgIpc) is 2.59. The van der Waals surface area contributed by atoms with Crippen LogP contribution in [0.4, 0.5) is 0 Å². The van der Waals surface area contributed by atoms with Gasteiger partial charge < -0.3 is 10.1 Å². The molecule has 24 heavy (non-hydrogen) atoms. The van der Waals surface area contributed by atoms with E-state index in [9.17, 15) is 4.79 Å². The molecule has 2 rings (SSSR count). The number of nitrogens with one attached hydrogen (secondary N) is 2. The van der Waals surface area contributed by atoms with Gasteiger partial charge in [0, 0.05) is 24.5 Å². The number of aromatic nitrogens is 1. The molecule has 0 aliphatic carbocycles. The number of thiocarbonyl (C=S) groups is 1. The lowest BCUT2D eigenvalue weighted by Gasteiger charge is -2.11. The summed E-state index contributed by atoms with van der Waals surface area (Å²) in [6.45, 7) is 5.32. The first-order chi connectivity index (χ1) is 11.5. The van der Waals surface area contributed by atoms with Crippen LogP contribution in [0.1, 0.15) is 29.8 Å². The van der Waals surface area contributed by atoms with Gasteiger partial charge in [-0.3, -0.25) is 15.1 Å². The van der Waals surface area contributed by atoms with Crippen LogP contribution < -0.4 is 15.4 Å². The van der Waals surface area contributed by atoms with Gasteiger partial charge in [-0.2, -0.15) is 0 Å². The summed E-state index contributed by atoms with van der Waals surface area (Å²) in [5.41, 5.74) is 1.51. The second-order valence-electron chi connectivity index (χ2n) is 5.73. The molecule has 0 atom stereocenters. The molecular weight excluding hydrogens is 322 g/mol. The fourth-order valence-corrected chi connectivity index (χ4v) is 2.03. The number of hydrogen-bond donors (Lipinski definition) is 2. The second kappa shape index (κ2) is 8.98. The van der Waals surface area contributed by atoms with E-state index in [-0.39, 0.29) is 11.0 Å².